The molecule has 0 saturated carbocycles. The number of nitrogens with zero attached hydrogens (tertiary/aromatic N) is 3. The van der Waals surface area contributed by atoms with E-state index in [2.05, 4.69) is 25.6 Å². The van der Waals surface area contributed by atoms with E-state index in [0.29, 0.717) is 13.2 Å². The maximum absolute atomic E-state index is 12.4. The Morgan fingerprint density at radius 3 is 2.54 bits per heavy atom. The van der Waals surface area contributed by atoms with Crippen molar-refractivity contribution < 1.29 is 9.53 Å². The molecule has 2 N–H and O–H groups in total. The van der Waals surface area contributed by atoms with E-state index in [9.17, 15) is 4.79 Å². The molecule has 4 heterocycles. The highest BCUT2D eigenvalue weighted by Crippen LogP contribution is 2.26. The van der Waals surface area contributed by atoms with E-state index in [-0.39, 0.29) is 17.3 Å². The highest BCUT2D eigenvalue weighted by Gasteiger charge is 2.32. The Morgan fingerprint density at radius 1 is 1.08 bits per heavy atom. The summed E-state index contributed by atoms with van der Waals surface area (Å²) in [5.74, 6) is 0.203. The van der Waals surface area contributed by atoms with Gasteiger partial charge >= 0.3 is 0 Å². The zero-order chi connectivity index (χ0) is 17.8. The van der Waals surface area contributed by atoms with Crippen LogP contribution in [0.3, 0.4) is 0 Å². The van der Waals surface area contributed by atoms with Gasteiger partial charge in [-0.2, -0.15) is 5.10 Å². The highest BCUT2D eigenvalue weighted by atomic mass is 32.2. The summed E-state index contributed by atoms with van der Waals surface area (Å²) in [7, 11) is 0. The number of carbonyl (C=O) groups excluding carboxylic acids is 1. The van der Waals surface area contributed by atoms with Crippen molar-refractivity contribution in [1.82, 2.24) is 20.5 Å². The molecule has 3 fully saturated rings. The van der Waals surface area contributed by atoms with Crippen molar-refractivity contribution in [2.75, 3.05) is 39.4 Å². The Bertz CT molecular complexity index is 512. The lowest BCUT2D eigenvalue weighted by atomic mass is 10.00. The van der Waals surface area contributed by atoms with Gasteiger partial charge in [-0.15, -0.1) is 0 Å². The van der Waals surface area contributed by atoms with Gasteiger partial charge in [-0.25, -0.2) is 0 Å². The van der Waals surface area contributed by atoms with Gasteiger partial charge in [0.25, 0.3) is 0 Å². The molecule has 0 radical (unpaired) electrons. The Hall–Kier alpha value is -0.990. The maximum Gasteiger partial charge on any atom is 0.225 e. The Labute approximate surface area is 160 Å². The summed E-state index contributed by atoms with van der Waals surface area (Å²) in [5, 5.41) is 8.59. The second kappa shape index (κ2) is 8.80. The molecule has 0 aliphatic carbocycles. The fraction of sp³-hybridized carbons (Fsp3) is 0.889. The molecule has 8 heteroatoms. The fourth-order valence-corrected chi connectivity index (χ4v) is 5.32. The summed E-state index contributed by atoms with van der Waals surface area (Å²) >= 11 is 1.63. The van der Waals surface area contributed by atoms with Gasteiger partial charge in [-0.1, -0.05) is 6.42 Å². The second-order valence-corrected chi connectivity index (χ2v) is 8.80. The average molecular weight is 382 g/mol. The lowest BCUT2D eigenvalue weighted by Crippen LogP contribution is -2.47. The van der Waals surface area contributed by atoms with Gasteiger partial charge in [0.1, 0.15) is 0 Å². The number of hydrogen-bond donors (Lipinski definition) is 2. The number of piperidine rings is 2. The molecule has 1 amide bonds. The van der Waals surface area contributed by atoms with Crippen molar-refractivity contribution in [2.24, 2.45) is 11.0 Å². The van der Waals surface area contributed by atoms with Crippen molar-refractivity contribution in [3.05, 3.63) is 0 Å². The number of hydrogen-bond acceptors (Lipinski definition) is 7. The quantitative estimate of drug-likeness (QED) is 0.770. The predicted octanol–water partition coefficient (Wildman–Crippen LogP) is 1.37. The summed E-state index contributed by atoms with van der Waals surface area (Å²) in [6.07, 6.45) is 8.21. The molecule has 0 aromatic rings. The molecule has 7 nitrogen and oxygen atoms in total. The number of amides is 1. The van der Waals surface area contributed by atoms with E-state index >= 15 is 0 Å². The molecule has 1 unspecified atom stereocenters. The molecule has 0 aromatic heterocycles. The number of likely N-dealkylation sites (tertiary alicyclic amines) is 2. The molecule has 4 aliphatic rings. The van der Waals surface area contributed by atoms with Gasteiger partial charge in [0.15, 0.2) is 10.7 Å². The van der Waals surface area contributed by atoms with Gasteiger partial charge in [0.2, 0.25) is 5.91 Å². The van der Waals surface area contributed by atoms with Crippen molar-refractivity contribution >= 4 is 22.8 Å². The monoisotopic (exact) mass is 381 g/mol. The molecule has 1 atom stereocenters. The lowest BCUT2D eigenvalue weighted by Gasteiger charge is -2.40. The molecule has 0 spiro atoms. The number of nitrogens with one attached hydrogen (secondary N) is 2. The van der Waals surface area contributed by atoms with Crippen LogP contribution >= 0.6 is 11.8 Å². The third kappa shape index (κ3) is 4.46. The van der Waals surface area contributed by atoms with E-state index < -0.39 is 0 Å². The Kier molecular flexibility index (Phi) is 6.22. The highest BCUT2D eigenvalue weighted by molar-refractivity contribution is 8.14. The smallest absolute Gasteiger partial charge is 0.225 e. The van der Waals surface area contributed by atoms with E-state index in [0.717, 1.165) is 37.1 Å². The van der Waals surface area contributed by atoms with Gasteiger partial charge in [0.05, 0.1) is 0 Å². The summed E-state index contributed by atoms with van der Waals surface area (Å²) in [6, 6.07) is 0.746. The molecule has 4 rings (SSSR count). The first kappa shape index (κ1) is 18.4. The van der Waals surface area contributed by atoms with Crippen molar-refractivity contribution in [1.29, 1.82) is 0 Å². The van der Waals surface area contributed by atoms with Crippen LogP contribution in [0.15, 0.2) is 5.10 Å². The summed E-state index contributed by atoms with van der Waals surface area (Å²) < 4.78 is 5.34. The average Bonchev–Trinajstić information content (AvgIpc) is 3.18. The zero-order valence-corrected chi connectivity index (χ0v) is 16.3. The largest absolute Gasteiger partial charge is 0.381 e. The van der Waals surface area contributed by atoms with E-state index in [1.807, 2.05) is 0 Å². The molecule has 3 saturated heterocycles. The first-order valence-electron chi connectivity index (χ1n) is 10.2. The summed E-state index contributed by atoms with van der Waals surface area (Å²) in [4.78, 5) is 17.4. The van der Waals surface area contributed by atoms with Crippen molar-refractivity contribution in [3.63, 3.8) is 0 Å². The zero-order valence-electron chi connectivity index (χ0n) is 15.5. The van der Waals surface area contributed by atoms with Crippen LogP contribution in [0.25, 0.3) is 0 Å². The van der Waals surface area contributed by atoms with Crippen LogP contribution in [0.4, 0.5) is 0 Å². The van der Waals surface area contributed by atoms with Crippen molar-refractivity contribution in [2.45, 2.75) is 56.5 Å². The minimum Gasteiger partial charge on any atom is -0.381 e. The predicted molar refractivity (Wildman–Crippen MR) is 104 cm³/mol. The first-order chi connectivity index (χ1) is 12.8. The van der Waals surface area contributed by atoms with Crippen LogP contribution in [0.1, 0.15) is 44.9 Å². The number of thioether (sulfide) groups is 1. The third-order valence-corrected chi connectivity index (χ3v) is 7.03. The second-order valence-electron chi connectivity index (χ2n) is 7.73. The molecule has 0 aromatic carbocycles. The number of carbonyl (C=O) groups is 1. The number of rotatable bonds is 3. The number of amidine groups is 1. The van der Waals surface area contributed by atoms with Crippen molar-refractivity contribution in [3.8, 4) is 0 Å². The van der Waals surface area contributed by atoms with Gasteiger partial charge in [-0.3, -0.25) is 10.2 Å². The Morgan fingerprint density at radius 2 is 1.81 bits per heavy atom. The molecular weight excluding hydrogens is 350 g/mol. The van der Waals surface area contributed by atoms with Gasteiger partial charge < -0.3 is 19.9 Å². The van der Waals surface area contributed by atoms with E-state index in [4.69, 9.17) is 4.74 Å². The van der Waals surface area contributed by atoms with Crippen LogP contribution in [-0.2, 0) is 9.53 Å². The standard InChI is InChI=1S/C18H31N5O2S/c24-16(14-6-12-25-13-7-14)19-17-20-21-18(26-17)23-10-4-15(5-11-23)22-8-2-1-3-9-22/h14-15,17,20H,1-13H2,(H,19,24). The third-order valence-electron chi connectivity index (χ3n) is 6.01. The summed E-state index contributed by atoms with van der Waals surface area (Å²) in [5.41, 5.74) is 2.95. The maximum atomic E-state index is 12.4. The fourth-order valence-electron chi connectivity index (χ4n) is 4.39. The molecule has 0 bridgehead atoms. The SMILES string of the molecule is O=C(NC1NN=C(N2CCC(N3CCCCC3)CC2)S1)C1CCOCC1. The number of hydrazone groups is 1. The van der Waals surface area contributed by atoms with Gasteiger partial charge in [0, 0.05) is 38.3 Å². The summed E-state index contributed by atoms with van der Waals surface area (Å²) in [6.45, 7) is 6.07. The van der Waals surface area contributed by atoms with Crippen LogP contribution in [0.2, 0.25) is 0 Å². The minimum atomic E-state index is -0.139. The van der Waals surface area contributed by atoms with Crippen LogP contribution in [-0.4, -0.2) is 71.8 Å². The first-order valence-corrected chi connectivity index (χ1v) is 11.0. The molecule has 4 aliphatic heterocycles. The molecule has 26 heavy (non-hydrogen) atoms. The molecule has 146 valence electrons. The topological polar surface area (TPSA) is 69.2 Å². The van der Waals surface area contributed by atoms with E-state index in [1.54, 1.807) is 11.8 Å². The Balaban J connectivity index is 1.20. The normalized spacial score (nSPS) is 29.3. The minimum absolute atomic E-state index is 0.0792. The molecular formula is C18H31N5O2S. The van der Waals surface area contributed by atoms with Crippen LogP contribution < -0.4 is 10.7 Å². The van der Waals surface area contributed by atoms with E-state index in [1.165, 1.54) is 45.2 Å². The van der Waals surface area contributed by atoms with Crippen LogP contribution in [0, 0.1) is 5.92 Å². The van der Waals surface area contributed by atoms with Gasteiger partial charge in [-0.05, 0) is 63.4 Å². The lowest BCUT2D eigenvalue weighted by molar-refractivity contribution is -0.128. The van der Waals surface area contributed by atoms with Crippen LogP contribution in [0.5, 0.6) is 0 Å². The number of ether oxygens (including phenoxy) is 1.